The summed E-state index contributed by atoms with van der Waals surface area (Å²) in [6, 6.07) is -1.29. The molecule has 0 rings (SSSR count). The molecule has 11 heteroatoms. The van der Waals surface area contributed by atoms with Gasteiger partial charge < -0.3 is 32.3 Å². The summed E-state index contributed by atoms with van der Waals surface area (Å²) >= 11 is 13.7. The van der Waals surface area contributed by atoms with Gasteiger partial charge in [0.05, 0.1) is 9.98 Å². The summed E-state index contributed by atoms with van der Waals surface area (Å²) in [6.07, 6.45) is 4.46. The van der Waals surface area contributed by atoms with Crippen LogP contribution in [0.25, 0.3) is 0 Å². The molecule has 31 heavy (non-hydrogen) atoms. The number of rotatable bonds is 12. The Bertz CT molecular complexity index is 529. The number of carbonyl (C=O) groups is 2. The molecule has 0 radical (unpaired) electrons. The van der Waals surface area contributed by atoms with Crippen molar-refractivity contribution < 1.29 is 19.8 Å². The van der Waals surface area contributed by atoms with E-state index in [2.05, 4.69) is 34.5 Å². The molecule has 0 fully saturated rings. The Hall–Kier alpha value is -1.49. The van der Waals surface area contributed by atoms with Crippen molar-refractivity contribution in [1.82, 2.24) is 10.6 Å². The standard InChI is InChI=1S/C10H18N2O2S2.C6H14N2O2.C2H2S.2CH4/c1-7(15)11-6-4-3-5-9(10(13)14)12-8(2)16;7-4-2-1-3-5(8)6(9)10;1-2-3;;/h9H,3-6H2,1-2H3,(H,11,15)(H,12,16)(H,13,14);5H,1-4,7-8H2,(H,9,10);1H2;2*1H4. The van der Waals surface area contributed by atoms with E-state index in [0.717, 1.165) is 37.2 Å². The molecule has 8 N–H and O–H groups in total. The minimum absolute atomic E-state index is 0. The molecule has 0 aliphatic carbocycles. The van der Waals surface area contributed by atoms with Crippen LogP contribution < -0.4 is 22.1 Å². The quantitative estimate of drug-likeness (QED) is 0.174. The van der Waals surface area contributed by atoms with Gasteiger partial charge in [0.15, 0.2) is 0 Å². The van der Waals surface area contributed by atoms with Crippen molar-refractivity contribution in [3.8, 4) is 0 Å². The highest BCUT2D eigenvalue weighted by Gasteiger charge is 2.16. The molecule has 0 aliphatic rings. The van der Waals surface area contributed by atoms with Gasteiger partial charge >= 0.3 is 11.9 Å². The molecule has 0 aromatic carbocycles. The highest BCUT2D eigenvalue weighted by Crippen LogP contribution is 2.01. The molecule has 184 valence electrons. The molecular formula is C20H42N4O4S3. The summed E-state index contributed by atoms with van der Waals surface area (Å²) < 4.78 is 0. The summed E-state index contributed by atoms with van der Waals surface area (Å²) in [5.74, 6) is -1.79. The minimum Gasteiger partial charge on any atom is -0.480 e. The Morgan fingerprint density at radius 3 is 1.84 bits per heavy atom. The number of nitrogens with two attached hydrogens (primary N) is 2. The topological polar surface area (TPSA) is 151 Å². The highest BCUT2D eigenvalue weighted by atomic mass is 32.1. The van der Waals surface area contributed by atoms with Crippen molar-refractivity contribution in [2.24, 2.45) is 11.5 Å². The van der Waals surface area contributed by atoms with Crippen LogP contribution in [0.2, 0.25) is 0 Å². The fourth-order valence-electron chi connectivity index (χ4n) is 1.87. The average Bonchev–Trinajstić information content (AvgIpc) is 2.61. The van der Waals surface area contributed by atoms with E-state index in [1.807, 2.05) is 6.92 Å². The van der Waals surface area contributed by atoms with Crippen molar-refractivity contribution in [1.29, 1.82) is 0 Å². The number of carboxylic acids is 2. The van der Waals surface area contributed by atoms with E-state index in [9.17, 15) is 9.59 Å². The fraction of sp³-hybridized carbons (Fsp3) is 0.700. The lowest BCUT2D eigenvalue weighted by Gasteiger charge is -2.14. The predicted molar refractivity (Wildman–Crippen MR) is 143 cm³/mol. The van der Waals surface area contributed by atoms with E-state index in [1.54, 1.807) is 6.92 Å². The lowest BCUT2D eigenvalue weighted by Crippen LogP contribution is -2.38. The second-order valence-corrected chi connectivity index (χ2v) is 7.46. The lowest BCUT2D eigenvalue weighted by molar-refractivity contribution is -0.139. The molecule has 0 bridgehead atoms. The largest absolute Gasteiger partial charge is 0.480 e. The summed E-state index contributed by atoms with van der Waals surface area (Å²) in [4.78, 5) is 22.3. The Balaban J connectivity index is -0.000000130. The summed E-state index contributed by atoms with van der Waals surface area (Å²) in [5.41, 5.74) is 10.4. The van der Waals surface area contributed by atoms with Gasteiger partial charge in [0.1, 0.15) is 12.1 Å². The van der Waals surface area contributed by atoms with E-state index in [4.69, 9.17) is 46.1 Å². The number of nitrogens with one attached hydrogen (secondary N) is 2. The molecule has 0 aliphatic heterocycles. The molecule has 0 aromatic rings. The van der Waals surface area contributed by atoms with Crippen LogP contribution in [0.4, 0.5) is 0 Å². The minimum atomic E-state index is -0.933. The molecule has 8 nitrogen and oxygen atoms in total. The van der Waals surface area contributed by atoms with Crippen LogP contribution in [-0.2, 0) is 9.59 Å². The first kappa shape index (κ1) is 39.9. The Kier molecular flexibility index (Phi) is 36.7. The summed E-state index contributed by atoms with van der Waals surface area (Å²) in [7, 11) is 0. The number of hydrogen-bond acceptors (Lipinski definition) is 7. The van der Waals surface area contributed by atoms with Gasteiger partial charge in [0, 0.05) is 6.54 Å². The zero-order chi connectivity index (χ0) is 23.2. The second kappa shape index (κ2) is 28.5. The third-order valence-corrected chi connectivity index (χ3v) is 3.52. The Labute approximate surface area is 204 Å². The fourth-order valence-corrected chi connectivity index (χ4v) is 2.12. The van der Waals surface area contributed by atoms with Crippen molar-refractivity contribution in [3.63, 3.8) is 0 Å². The second-order valence-electron chi connectivity index (χ2n) is 5.94. The van der Waals surface area contributed by atoms with Gasteiger partial charge in [-0.05, 0) is 71.3 Å². The predicted octanol–water partition coefficient (Wildman–Crippen LogP) is 3.05. The average molecular weight is 499 g/mol. The van der Waals surface area contributed by atoms with Crippen molar-refractivity contribution in [3.05, 3.63) is 6.58 Å². The monoisotopic (exact) mass is 498 g/mol. The molecule has 0 saturated heterocycles. The van der Waals surface area contributed by atoms with E-state index >= 15 is 0 Å². The van der Waals surface area contributed by atoms with Crippen LogP contribution >= 0.6 is 36.7 Å². The zero-order valence-electron chi connectivity index (χ0n) is 17.1. The van der Waals surface area contributed by atoms with Crippen LogP contribution in [0.5, 0.6) is 0 Å². The zero-order valence-corrected chi connectivity index (χ0v) is 19.6. The van der Waals surface area contributed by atoms with Crippen LogP contribution in [0, 0.1) is 0 Å². The molecule has 0 amide bonds. The first-order valence-electron chi connectivity index (χ1n) is 9.10. The Morgan fingerprint density at radius 1 is 1.00 bits per heavy atom. The van der Waals surface area contributed by atoms with E-state index in [0.29, 0.717) is 24.4 Å². The van der Waals surface area contributed by atoms with Gasteiger partial charge in [0.2, 0.25) is 0 Å². The smallest absolute Gasteiger partial charge is 0.326 e. The van der Waals surface area contributed by atoms with Crippen LogP contribution in [-0.4, -0.2) is 62.3 Å². The third-order valence-electron chi connectivity index (χ3n) is 3.26. The number of hydrogen-bond donors (Lipinski definition) is 6. The summed E-state index contributed by atoms with van der Waals surface area (Å²) in [5, 5.41) is 25.1. The molecule has 0 spiro atoms. The van der Waals surface area contributed by atoms with Gasteiger partial charge in [0.25, 0.3) is 0 Å². The normalized spacial score (nSPS) is 10.5. The maximum atomic E-state index is 10.8. The number of aliphatic carboxylic acids is 2. The first-order chi connectivity index (χ1) is 13.5. The van der Waals surface area contributed by atoms with Crippen molar-refractivity contribution >= 4 is 63.6 Å². The van der Waals surface area contributed by atoms with Crippen LogP contribution in [0.15, 0.2) is 6.58 Å². The molecule has 0 heterocycles. The van der Waals surface area contributed by atoms with E-state index in [1.165, 1.54) is 0 Å². The number of thiocarbonyl (C=S) groups is 3. The lowest BCUT2D eigenvalue weighted by atomic mass is 10.1. The van der Waals surface area contributed by atoms with E-state index < -0.39 is 24.0 Å². The van der Waals surface area contributed by atoms with Crippen molar-refractivity contribution in [2.75, 3.05) is 13.1 Å². The Morgan fingerprint density at radius 2 is 1.48 bits per heavy atom. The van der Waals surface area contributed by atoms with Gasteiger partial charge in [-0.1, -0.05) is 50.7 Å². The SMILES string of the molecule is C.C.C=C=S.CC(=S)NCCCCC(NC(C)=S)C(=O)O.NCCCCC(N)C(=O)O. The molecule has 2 unspecified atom stereocenters. The molecule has 0 aromatic heterocycles. The molecule has 0 saturated carbocycles. The van der Waals surface area contributed by atoms with E-state index in [-0.39, 0.29) is 14.9 Å². The van der Waals surface area contributed by atoms with Gasteiger partial charge in [-0.3, -0.25) is 4.79 Å². The number of unbranched alkanes of at least 4 members (excludes halogenated alkanes) is 2. The summed E-state index contributed by atoms with van der Waals surface area (Å²) in [6.45, 7) is 7.95. The van der Waals surface area contributed by atoms with Gasteiger partial charge in [-0.2, -0.15) is 0 Å². The number of carboxylic acid groups (broad SMARTS) is 2. The van der Waals surface area contributed by atoms with Gasteiger partial charge in [-0.25, -0.2) is 4.79 Å². The van der Waals surface area contributed by atoms with Crippen LogP contribution in [0.3, 0.4) is 0 Å². The molecule has 2 atom stereocenters. The maximum Gasteiger partial charge on any atom is 0.326 e. The highest BCUT2D eigenvalue weighted by molar-refractivity contribution is 7.80. The van der Waals surface area contributed by atoms with Crippen LogP contribution in [0.1, 0.15) is 67.2 Å². The van der Waals surface area contributed by atoms with Crippen molar-refractivity contribution in [2.45, 2.75) is 79.3 Å². The first-order valence-corrected chi connectivity index (χ1v) is 10.3. The molecular weight excluding hydrogens is 456 g/mol. The third kappa shape index (κ3) is 36.3. The maximum absolute atomic E-state index is 10.8. The van der Waals surface area contributed by atoms with Gasteiger partial charge in [-0.15, -0.1) is 0 Å².